The molecule has 0 spiro atoms. The number of rotatable bonds is 6. The van der Waals surface area contributed by atoms with Gasteiger partial charge in [-0.15, -0.1) is 0 Å². The molecule has 37 heavy (non-hydrogen) atoms. The second-order valence-corrected chi connectivity index (χ2v) is 11.4. The highest BCUT2D eigenvalue weighted by Gasteiger charge is 2.43. The minimum absolute atomic E-state index is 0.0717. The standard InChI is InChI=1S/C29H35N5O2S/c1-17-15-21(18(2)33(17)19-10-11-19)26-25(23-9-7-8-14-30-23)32-28(37)34(26)20-12-13-22(24(16-20)36-6)31-27(35)29(3,4)5/h7-9,12-16,19,25-26H,10-11H2,1-6H3,(H,31,35)(H,32,37)/t25-,26-/m1/s1. The quantitative estimate of drug-likeness (QED) is 0.391. The number of ether oxygens (including phenoxy) is 1. The molecule has 2 fully saturated rings. The first-order valence-electron chi connectivity index (χ1n) is 12.8. The van der Waals surface area contributed by atoms with Crippen LogP contribution in [0.1, 0.15) is 74.4 Å². The van der Waals surface area contributed by atoms with E-state index in [4.69, 9.17) is 17.0 Å². The maximum absolute atomic E-state index is 12.6. The smallest absolute Gasteiger partial charge is 0.229 e. The van der Waals surface area contributed by atoms with Crippen molar-refractivity contribution in [2.45, 2.75) is 65.6 Å². The third kappa shape index (κ3) is 4.70. The van der Waals surface area contributed by atoms with Crippen LogP contribution in [0.2, 0.25) is 0 Å². The van der Waals surface area contributed by atoms with E-state index in [0.29, 0.717) is 22.6 Å². The van der Waals surface area contributed by atoms with E-state index < -0.39 is 5.41 Å². The SMILES string of the molecule is COc1cc(N2C(=S)N[C@H](c3ccccn3)[C@H]2c2cc(C)n(C3CC3)c2C)ccc1NC(=O)C(C)(C)C. The minimum Gasteiger partial charge on any atom is -0.494 e. The molecule has 3 heterocycles. The van der Waals surface area contributed by atoms with Crippen molar-refractivity contribution >= 4 is 34.6 Å². The fourth-order valence-corrected chi connectivity index (χ4v) is 5.53. The molecule has 1 saturated carbocycles. The summed E-state index contributed by atoms with van der Waals surface area (Å²) in [7, 11) is 1.61. The van der Waals surface area contributed by atoms with Gasteiger partial charge < -0.3 is 24.8 Å². The van der Waals surface area contributed by atoms with Crippen LogP contribution in [0.4, 0.5) is 11.4 Å². The van der Waals surface area contributed by atoms with E-state index in [2.05, 4.69) is 45.0 Å². The van der Waals surface area contributed by atoms with Crippen LogP contribution >= 0.6 is 12.2 Å². The van der Waals surface area contributed by atoms with Gasteiger partial charge in [0.2, 0.25) is 5.91 Å². The van der Waals surface area contributed by atoms with Gasteiger partial charge in [-0.25, -0.2) is 0 Å². The first kappa shape index (κ1) is 25.3. The molecule has 2 atom stereocenters. The van der Waals surface area contributed by atoms with Crippen LogP contribution in [0.15, 0.2) is 48.7 Å². The van der Waals surface area contributed by atoms with Crippen molar-refractivity contribution < 1.29 is 9.53 Å². The summed E-state index contributed by atoms with van der Waals surface area (Å²) in [6.07, 6.45) is 4.27. The number of aromatic nitrogens is 2. The monoisotopic (exact) mass is 517 g/mol. The molecule has 1 amide bonds. The van der Waals surface area contributed by atoms with E-state index in [-0.39, 0.29) is 18.0 Å². The molecule has 1 aromatic carbocycles. The molecule has 7 nitrogen and oxygen atoms in total. The predicted molar refractivity (Wildman–Crippen MR) is 151 cm³/mol. The summed E-state index contributed by atoms with van der Waals surface area (Å²) < 4.78 is 8.18. The summed E-state index contributed by atoms with van der Waals surface area (Å²) in [5, 5.41) is 7.18. The van der Waals surface area contributed by atoms with Gasteiger partial charge in [0, 0.05) is 40.8 Å². The fourth-order valence-electron chi connectivity index (χ4n) is 5.19. The lowest BCUT2D eigenvalue weighted by Crippen LogP contribution is -2.30. The van der Waals surface area contributed by atoms with Crippen LogP contribution in [-0.4, -0.2) is 27.7 Å². The van der Waals surface area contributed by atoms with Gasteiger partial charge in [-0.3, -0.25) is 9.78 Å². The lowest BCUT2D eigenvalue weighted by Gasteiger charge is -2.29. The second-order valence-electron chi connectivity index (χ2n) is 11.0. The number of carbonyl (C=O) groups is 1. The summed E-state index contributed by atoms with van der Waals surface area (Å²) >= 11 is 5.92. The summed E-state index contributed by atoms with van der Waals surface area (Å²) in [6.45, 7) is 10.1. The molecule has 1 aliphatic carbocycles. The van der Waals surface area contributed by atoms with E-state index >= 15 is 0 Å². The third-order valence-corrected chi connectivity index (χ3v) is 7.56. The zero-order valence-electron chi connectivity index (χ0n) is 22.3. The third-order valence-electron chi connectivity index (χ3n) is 7.24. The predicted octanol–water partition coefficient (Wildman–Crippen LogP) is 6.01. The Morgan fingerprint density at radius 1 is 1.16 bits per heavy atom. The zero-order valence-corrected chi connectivity index (χ0v) is 23.1. The number of nitrogens with one attached hydrogen (secondary N) is 2. The second kappa shape index (κ2) is 9.49. The number of hydrogen-bond acceptors (Lipinski definition) is 4. The number of thiocarbonyl (C=S) groups is 1. The average molecular weight is 518 g/mol. The topological polar surface area (TPSA) is 71.4 Å². The van der Waals surface area contributed by atoms with Crippen molar-refractivity contribution in [3.63, 3.8) is 0 Å². The Kier molecular flexibility index (Phi) is 6.48. The molecule has 194 valence electrons. The number of pyridine rings is 1. The van der Waals surface area contributed by atoms with Crippen molar-refractivity contribution in [3.8, 4) is 5.75 Å². The molecule has 0 unspecified atom stereocenters. The molecule has 0 radical (unpaired) electrons. The van der Waals surface area contributed by atoms with Gasteiger partial charge in [0.25, 0.3) is 0 Å². The fraction of sp³-hybridized carbons (Fsp3) is 0.414. The van der Waals surface area contributed by atoms with Crippen LogP contribution in [-0.2, 0) is 4.79 Å². The molecule has 1 aliphatic heterocycles. The first-order chi connectivity index (χ1) is 17.6. The molecule has 2 N–H and O–H groups in total. The molecule has 3 aromatic rings. The Hall–Kier alpha value is -3.39. The Morgan fingerprint density at radius 2 is 1.92 bits per heavy atom. The molecular weight excluding hydrogens is 482 g/mol. The average Bonchev–Trinajstić information content (AvgIpc) is 3.57. The van der Waals surface area contributed by atoms with Gasteiger partial charge in [0.15, 0.2) is 5.11 Å². The summed E-state index contributed by atoms with van der Waals surface area (Å²) in [5.74, 6) is 0.513. The highest BCUT2D eigenvalue weighted by atomic mass is 32.1. The maximum atomic E-state index is 12.6. The van der Waals surface area contributed by atoms with E-state index in [0.717, 1.165) is 11.4 Å². The summed E-state index contributed by atoms with van der Waals surface area (Å²) in [6, 6.07) is 14.5. The Bertz CT molecular complexity index is 1340. The normalized spacial score (nSPS) is 19.6. The summed E-state index contributed by atoms with van der Waals surface area (Å²) in [5.41, 5.74) is 5.71. The van der Waals surface area contributed by atoms with Crippen molar-refractivity contribution in [2.24, 2.45) is 5.41 Å². The zero-order chi connectivity index (χ0) is 26.5. The van der Waals surface area contributed by atoms with Crippen LogP contribution in [0, 0.1) is 19.3 Å². The largest absolute Gasteiger partial charge is 0.494 e. The van der Waals surface area contributed by atoms with Crippen LogP contribution in [0.25, 0.3) is 0 Å². The molecule has 2 aromatic heterocycles. The number of carbonyl (C=O) groups excluding carboxylic acids is 1. The van der Waals surface area contributed by atoms with Crippen molar-refractivity contribution in [1.29, 1.82) is 0 Å². The number of aryl methyl sites for hydroxylation is 1. The molecule has 8 heteroatoms. The molecule has 5 rings (SSSR count). The van der Waals surface area contributed by atoms with Gasteiger partial charge in [-0.1, -0.05) is 26.8 Å². The van der Waals surface area contributed by atoms with Gasteiger partial charge in [-0.05, 0) is 74.8 Å². The first-order valence-corrected chi connectivity index (χ1v) is 13.2. The highest BCUT2D eigenvalue weighted by Crippen LogP contribution is 2.47. The number of hydrogen-bond donors (Lipinski definition) is 2. The maximum Gasteiger partial charge on any atom is 0.229 e. The van der Waals surface area contributed by atoms with E-state index in [1.807, 2.05) is 63.4 Å². The Morgan fingerprint density at radius 3 is 2.54 bits per heavy atom. The number of benzene rings is 1. The van der Waals surface area contributed by atoms with E-state index in [9.17, 15) is 4.79 Å². The Labute approximate surface area is 224 Å². The lowest BCUT2D eigenvalue weighted by atomic mass is 9.95. The molecule has 0 bridgehead atoms. The lowest BCUT2D eigenvalue weighted by molar-refractivity contribution is -0.123. The van der Waals surface area contributed by atoms with E-state index in [1.54, 1.807) is 7.11 Å². The Balaban J connectivity index is 1.59. The number of nitrogens with zero attached hydrogens (tertiary/aromatic N) is 3. The highest BCUT2D eigenvalue weighted by molar-refractivity contribution is 7.80. The van der Waals surface area contributed by atoms with Gasteiger partial charge in [-0.2, -0.15) is 0 Å². The van der Waals surface area contributed by atoms with Gasteiger partial charge >= 0.3 is 0 Å². The van der Waals surface area contributed by atoms with Gasteiger partial charge in [0.1, 0.15) is 5.75 Å². The molecule has 1 saturated heterocycles. The molecule has 2 aliphatic rings. The van der Waals surface area contributed by atoms with Crippen molar-refractivity contribution in [1.82, 2.24) is 14.9 Å². The van der Waals surface area contributed by atoms with Crippen LogP contribution in [0.3, 0.4) is 0 Å². The van der Waals surface area contributed by atoms with E-state index in [1.165, 1.54) is 29.8 Å². The van der Waals surface area contributed by atoms with Gasteiger partial charge in [0.05, 0.1) is 30.6 Å². The summed E-state index contributed by atoms with van der Waals surface area (Å²) in [4.78, 5) is 19.5. The molecular formula is C29H35N5O2S. The number of methoxy groups -OCH3 is 1. The van der Waals surface area contributed by atoms with Crippen LogP contribution < -0.4 is 20.3 Å². The van der Waals surface area contributed by atoms with Crippen molar-refractivity contribution in [3.05, 3.63) is 71.3 Å². The van der Waals surface area contributed by atoms with Crippen molar-refractivity contribution in [2.75, 3.05) is 17.3 Å². The number of anilines is 2. The number of amides is 1. The minimum atomic E-state index is -0.519. The van der Waals surface area contributed by atoms with Crippen LogP contribution in [0.5, 0.6) is 5.75 Å².